The van der Waals surface area contributed by atoms with Crippen LogP contribution in [0, 0.1) is 0 Å². The number of nitrogens with one attached hydrogen (secondary N) is 1. The molecule has 0 aliphatic carbocycles. The van der Waals surface area contributed by atoms with Crippen molar-refractivity contribution in [3.8, 4) is 0 Å². The van der Waals surface area contributed by atoms with Crippen LogP contribution in [-0.2, 0) is 20.1 Å². The topological polar surface area (TPSA) is 70.5 Å². The van der Waals surface area contributed by atoms with Gasteiger partial charge in [-0.2, -0.15) is 5.10 Å². The maximum Gasteiger partial charge on any atom is 0.271 e. The van der Waals surface area contributed by atoms with E-state index < -0.39 is 0 Å². The highest BCUT2D eigenvalue weighted by Gasteiger charge is 2.17. The molecule has 1 aromatic heterocycles. The number of rotatable bonds is 6. The van der Waals surface area contributed by atoms with Crippen molar-refractivity contribution in [2.45, 2.75) is 20.0 Å². The van der Waals surface area contributed by atoms with Crippen LogP contribution in [0.25, 0.3) is 0 Å². The Balaban J connectivity index is 1.61. The third kappa shape index (κ3) is 5.02. The summed E-state index contributed by atoms with van der Waals surface area (Å²) in [4.78, 5) is 28.7. The van der Waals surface area contributed by atoms with E-state index in [9.17, 15) is 9.59 Å². The lowest BCUT2D eigenvalue weighted by atomic mass is 10.1. The van der Waals surface area contributed by atoms with E-state index in [1.54, 1.807) is 0 Å². The second-order valence-electron chi connectivity index (χ2n) is 6.84. The number of hydrogen-bond donors (Lipinski definition) is 1. The molecule has 1 saturated heterocycles. The van der Waals surface area contributed by atoms with Crippen LogP contribution < -0.4 is 10.9 Å². The largest absolute Gasteiger partial charge is 0.347 e. The van der Waals surface area contributed by atoms with E-state index in [2.05, 4.69) is 33.2 Å². The fraction of sp³-hybridized carbons (Fsp3) is 0.450. The molecule has 7 nitrogen and oxygen atoms in total. The summed E-state index contributed by atoms with van der Waals surface area (Å²) in [6.07, 6.45) is 0. The summed E-state index contributed by atoms with van der Waals surface area (Å²) in [6, 6.07) is 11.0. The van der Waals surface area contributed by atoms with Crippen LogP contribution in [0.2, 0.25) is 0 Å². The Morgan fingerprint density at radius 2 is 1.70 bits per heavy atom. The zero-order valence-corrected chi connectivity index (χ0v) is 16.0. The summed E-state index contributed by atoms with van der Waals surface area (Å²) in [7, 11) is 1.53. The van der Waals surface area contributed by atoms with Gasteiger partial charge in [-0.3, -0.25) is 14.5 Å². The van der Waals surface area contributed by atoms with Crippen molar-refractivity contribution in [1.29, 1.82) is 0 Å². The molecule has 0 bridgehead atoms. The highest BCUT2D eigenvalue weighted by atomic mass is 16.2. The van der Waals surface area contributed by atoms with Crippen LogP contribution in [0.5, 0.6) is 0 Å². The van der Waals surface area contributed by atoms with Gasteiger partial charge in [-0.05, 0) is 23.7 Å². The molecule has 2 heterocycles. The molecule has 27 heavy (non-hydrogen) atoms. The van der Waals surface area contributed by atoms with Gasteiger partial charge in [-0.25, -0.2) is 4.68 Å². The van der Waals surface area contributed by atoms with E-state index in [0.29, 0.717) is 6.54 Å². The summed E-state index contributed by atoms with van der Waals surface area (Å²) < 4.78 is 1.17. The van der Waals surface area contributed by atoms with Crippen molar-refractivity contribution in [1.82, 2.24) is 24.9 Å². The summed E-state index contributed by atoms with van der Waals surface area (Å²) in [5.74, 6) is -0.281. The predicted molar refractivity (Wildman–Crippen MR) is 104 cm³/mol. The molecular weight excluding hydrogens is 342 g/mol. The molecule has 0 atom stereocenters. The first-order valence-electron chi connectivity index (χ1n) is 9.41. The number of likely N-dealkylation sites (N-methyl/N-ethyl adjacent to an activating group) is 1. The van der Waals surface area contributed by atoms with Crippen LogP contribution in [0.15, 0.2) is 41.2 Å². The number of aryl methyl sites for hydroxylation is 1. The summed E-state index contributed by atoms with van der Waals surface area (Å²) in [6.45, 7) is 8.98. The van der Waals surface area contributed by atoms with Crippen molar-refractivity contribution >= 4 is 5.91 Å². The number of carbonyl (C=O) groups excluding carboxylic acids is 1. The van der Waals surface area contributed by atoms with Gasteiger partial charge < -0.3 is 10.2 Å². The number of nitrogens with zero attached hydrogens (tertiary/aromatic N) is 4. The fourth-order valence-electron chi connectivity index (χ4n) is 3.28. The Morgan fingerprint density at radius 1 is 1.04 bits per heavy atom. The first-order valence-corrected chi connectivity index (χ1v) is 9.41. The van der Waals surface area contributed by atoms with Crippen LogP contribution in [0.4, 0.5) is 0 Å². The van der Waals surface area contributed by atoms with Gasteiger partial charge in [0.2, 0.25) is 0 Å². The molecule has 0 spiro atoms. The number of benzene rings is 1. The summed E-state index contributed by atoms with van der Waals surface area (Å²) in [5, 5.41) is 6.91. The highest BCUT2D eigenvalue weighted by Crippen LogP contribution is 2.13. The van der Waals surface area contributed by atoms with Gasteiger partial charge in [0.15, 0.2) is 0 Å². The van der Waals surface area contributed by atoms with Crippen molar-refractivity contribution in [2.24, 2.45) is 7.05 Å². The molecule has 0 unspecified atom stereocenters. The Hall–Kier alpha value is -2.51. The highest BCUT2D eigenvalue weighted by molar-refractivity contribution is 5.91. The van der Waals surface area contributed by atoms with Crippen molar-refractivity contribution < 1.29 is 4.79 Å². The number of carbonyl (C=O) groups is 1. The van der Waals surface area contributed by atoms with E-state index in [1.807, 2.05) is 18.2 Å². The molecule has 2 aromatic rings. The van der Waals surface area contributed by atoms with Crippen LogP contribution in [-0.4, -0.2) is 58.2 Å². The van der Waals surface area contributed by atoms with Gasteiger partial charge in [-0.15, -0.1) is 0 Å². The van der Waals surface area contributed by atoms with Crippen LogP contribution >= 0.6 is 0 Å². The van der Waals surface area contributed by atoms with Gasteiger partial charge in [0, 0.05) is 52.4 Å². The number of piperazine rings is 1. The molecule has 1 amide bonds. The lowest BCUT2D eigenvalue weighted by Gasteiger charge is -2.34. The van der Waals surface area contributed by atoms with E-state index in [0.717, 1.165) is 44.8 Å². The average Bonchev–Trinajstić information content (AvgIpc) is 2.69. The van der Waals surface area contributed by atoms with Gasteiger partial charge >= 0.3 is 0 Å². The van der Waals surface area contributed by atoms with Crippen LogP contribution in [0.1, 0.15) is 28.5 Å². The van der Waals surface area contributed by atoms with Crippen molar-refractivity contribution in [3.05, 3.63) is 63.6 Å². The minimum Gasteiger partial charge on any atom is -0.347 e. The van der Waals surface area contributed by atoms with Crippen molar-refractivity contribution in [3.63, 3.8) is 0 Å². The maximum absolute atomic E-state index is 12.3. The average molecular weight is 369 g/mol. The third-order valence-electron chi connectivity index (χ3n) is 5.06. The Bertz CT molecular complexity index is 840. The molecule has 1 fully saturated rings. The van der Waals surface area contributed by atoms with E-state index in [-0.39, 0.29) is 17.2 Å². The molecule has 3 rings (SSSR count). The van der Waals surface area contributed by atoms with Gasteiger partial charge in [-0.1, -0.05) is 31.2 Å². The second kappa shape index (κ2) is 8.92. The molecule has 1 aliphatic rings. The van der Waals surface area contributed by atoms with Gasteiger partial charge in [0.05, 0.1) is 0 Å². The lowest BCUT2D eigenvalue weighted by Crippen LogP contribution is -2.45. The molecule has 0 radical (unpaired) electrons. The molecule has 1 N–H and O–H groups in total. The molecule has 0 saturated carbocycles. The first kappa shape index (κ1) is 19.3. The van der Waals surface area contributed by atoms with E-state index in [1.165, 1.54) is 29.4 Å². The van der Waals surface area contributed by atoms with E-state index >= 15 is 0 Å². The SMILES string of the molecule is CCN1CCN(Cc2ccccc2CNC(=O)c2ccc(=O)n(C)n2)CC1. The summed E-state index contributed by atoms with van der Waals surface area (Å²) >= 11 is 0. The predicted octanol–water partition coefficient (Wildman–Crippen LogP) is 0.848. The summed E-state index contributed by atoms with van der Waals surface area (Å²) in [5.41, 5.74) is 2.34. The smallest absolute Gasteiger partial charge is 0.271 e. The molecule has 144 valence electrons. The molecule has 1 aliphatic heterocycles. The zero-order chi connectivity index (χ0) is 19.2. The van der Waals surface area contributed by atoms with Gasteiger partial charge in [0.25, 0.3) is 11.5 Å². The minimum absolute atomic E-state index is 0.236. The third-order valence-corrected chi connectivity index (χ3v) is 5.06. The second-order valence-corrected chi connectivity index (χ2v) is 6.84. The van der Waals surface area contributed by atoms with Gasteiger partial charge in [0.1, 0.15) is 5.69 Å². The first-order chi connectivity index (χ1) is 13.1. The monoisotopic (exact) mass is 369 g/mol. The molecular formula is C20H27N5O2. The lowest BCUT2D eigenvalue weighted by molar-refractivity contribution is 0.0943. The number of hydrogen-bond acceptors (Lipinski definition) is 5. The quantitative estimate of drug-likeness (QED) is 0.817. The van der Waals surface area contributed by atoms with E-state index in [4.69, 9.17) is 0 Å². The Kier molecular flexibility index (Phi) is 6.36. The maximum atomic E-state index is 12.3. The van der Waals surface area contributed by atoms with Crippen molar-refractivity contribution in [2.75, 3.05) is 32.7 Å². The zero-order valence-electron chi connectivity index (χ0n) is 16.0. The molecule has 1 aromatic carbocycles. The molecule has 7 heteroatoms. The normalized spacial score (nSPS) is 15.6. The number of aromatic nitrogens is 2. The Labute approximate surface area is 159 Å². The standard InChI is InChI=1S/C20H27N5O2/c1-3-24-10-12-25(13-11-24)15-17-7-5-4-6-16(17)14-21-20(27)18-8-9-19(26)23(2)22-18/h4-9H,3,10-15H2,1-2H3,(H,21,27). The van der Waals surface area contributed by atoms with Crippen LogP contribution in [0.3, 0.4) is 0 Å². The Morgan fingerprint density at radius 3 is 2.37 bits per heavy atom. The minimum atomic E-state index is -0.281. The number of amides is 1. The fourth-order valence-corrected chi connectivity index (χ4v) is 3.28.